The van der Waals surface area contributed by atoms with Crippen LogP contribution in [0.3, 0.4) is 0 Å². The van der Waals surface area contributed by atoms with Crippen molar-refractivity contribution in [1.29, 1.82) is 0 Å². The first-order valence-corrected chi connectivity index (χ1v) is 5.23. The summed E-state index contributed by atoms with van der Waals surface area (Å²) in [6, 6.07) is 3.34. The Kier molecular flexibility index (Phi) is 5.09. The maximum Gasteiger partial charge on any atom is 0.313 e. The van der Waals surface area contributed by atoms with Gasteiger partial charge >= 0.3 is 11.8 Å². The summed E-state index contributed by atoms with van der Waals surface area (Å²) in [6.45, 7) is 1.12. The first-order chi connectivity index (χ1) is 8.09. The van der Waals surface area contributed by atoms with Gasteiger partial charge in [-0.2, -0.15) is 0 Å². The van der Waals surface area contributed by atoms with Gasteiger partial charge in [-0.05, 0) is 26.2 Å². The molecule has 0 unspecified atom stereocenters. The molecule has 0 aromatic carbocycles. The number of aromatic nitrogens is 1. The van der Waals surface area contributed by atoms with Gasteiger partial charge in [0.1, 0.15) is 0 Å². The van der Waals surface area contributed by atoms with Crippen molar-refractivity contribution in [2.75, 3.05) is 32.5 Å². The fourth-order valence-electron chi connectivity index (χ4n) is 1.10. The predicted molar refractivity (Wildman–Crippen MR) is 64.4 cm³/mol. The topological polar surface area (TPSA) is 74.3 Å². The van der Waals surface area contributed by atoms with Gasteiger partial charge in [-0.15, -0.1) is 0 Å². The highest BCUT2D eigenvalue weighted by Gasteiger charge is 2.12. The van der Waals surface area contributed by atoms with E-state index in [0.717, 1.165) is 0 Å². The lowest BCUT2D eigenvalue weighted by molar-refractivity contribution is -0.136. The van der Waals surface area contributed by atoms with Gasteiger partial charge in [-0.1, -0.05) is 0 Å². The van der Waals surface area contributed by atoms with Gasteiger partial charge in [-0.25, -0.2) is 0 Å². The van der Waals surface area contributed by atoms with Crippen LogP contribution in [-0.2, 0) is 9.59 Å². The van der Waals surface area contributed by atoms with Crippen LogP contribution in [0.4, 0.5) is 5.69 Å². The molecule has 17 heavy (non-hydrogen) atoms. The molecule has 0 aliphatic carbocycles. The van der Waals surface area contributed by atoms with E-state index in [1.54, 1.807) is 18.3 Å². The van der Waals surface area contributed by atoms with Crippen LogP contribution in [-0.4, -0.2) is 48.9 Å². The van der Waals surface area contributed by atoms with Crippen LogP contribution >= 0.6 is 0 Å². The molecule has 0 radical (unpaired) electrons. The number of amides is 2. The molecule has 0 spiro atoms. The second-order valence-corrected chi connectivity index (χ2v) is 3.76. The van der Waals surface area contributed by atoms with Crippen LogP contribution in [0.1, 0.15) is 0 Å². The SMILES string of the molecule is CN(C)CCNC(=O)C(=O)Nc1cccnc1. The van der Waals surface area contributed by atoms with Gasteiger partial charge in [0.15, 0.2) is 0 Å². The molecule has 1 rings (SSSR count). The maximum absolute atomic E-state index is 11.4. The van der Waals surface area contributed by atoms with Gasteiger partial charge in [0, 0.05) is 19.3 Å². The Morgan fingerprint density at radius 1 is 1.35 bits per heavy atom. The number of hydrogen-bond donors (Lipinski definition) is 2. The highest BCUT2D eigenvalue weighted by Crippen LogP contribution is 2.01. The van der Waals surface area contributed by atoms with Gasteiger partial charge < -0.3 is 15.5 Å². The summed E-state index contributed by atoms with van der Waals surface area (Å²) in [7, 11) is 3.78. The molecule has 1 heterocycles. The van der Waals surface area contributed by atoms with E-state index in [4.69, 9.17) is 0 Å². The number of carbonyl (C=O) groups excluding carboxylic acids is 2. The number of anilines is 1. The van der Waals surface area contributed by atoms with Crippen LogP contribution in [0.15, 0.2) is 24.5 Å². The van der Waals surface area contributed by atoms with E-state index in [1.165, 1.54) is 6.20 Å². The molecule has 2 N–H and O–H groups in total. The van der Waals surface area contributed by atoms with Crippen molar-refractivity contribution >= 4 is 17.5 Å². The molecule has 6 nitrogen and oxygen atoms in total. The van der Waals surface area contributed by atoms with Gasteiger partial charge in [-0.3, -0.25) is 14.6 Å². The van der Waals surface area contributed by atoms with E-state index in [1.807, 2.05) is 19.0 Å². The van der Waals surface area contributed by atoms with E-state index >= 15 is 0 Å². The maximum atomic E-state index is 11.4. The lowest BCUT2D eigenvalue weighted by Crippen LogP contribution is -2.38. The highest BCUT2D eigenvalue weighted by atomic mass is 16.2. The second-order valence-electron chi connectivity index (χ2n) is 3.76. The fourth-order valence-corrected chi connectivity index (χ4v) is 1.10. The van der Waals surface area contributed by atoms with E-state index < -0.39 is 11.8 Å². The average molecular weight is 236 g/mol. The van der Waals surface area contributed by atoms with Crippen molar-refractivity contribution in [3.63, 3.8) is 0 Å². The average Bonchev–Trinajstić information content (AvgIpc) is 2.29. The third kappa shape index (κ3) is 5.07. The molecule has 2 amide bonds. The summed E-state index contributed by atoms with van der Waals surface area (Å²) in [6.07, 6.45) is 3.07. The summed E-state index contributed by atoms with van der Waals surface area (Å²) >= 11 is 0. The van der Waals surface area contributed by atoms with Gasteiger partial charge in [0.2, 0.25) is 0 Å². The largest absolute Gasteiger partial charge is 0.347 e. The number of nitrogens with zero attached hydrogens (tertiary/aromatic N) is 2. The number of carbonyl (C=O) groups is 2. The van der Waals surface area contributed by atoms with Gasteiger partial charge in [0.25, 0.3) is 0 Å². The Bertz CT molecular complexity index is 378. The third-order valence-corrected chi connectivity index (χ3v) is 1.97. The Labute approximate surface area is 100 Å². The minimum Gasteiger partial charge on any atom is -0.347 e. The molecular weight excluding hydrogens is 220 g/mol. The molecule has 0 fully saturated rings. The second kappa shape index (κ2) is 6.59. The Balaban J connectivity index is 2.35. The summed E-state index contributed by atoms with van der Waals surface area (Å²) in [4.78, 5) is 28.5. The molecule has 1 aromatic rings. The lowest BCUT2D eigenvalue weighted by Gasteiger charge is -2.10. The zero-order chi connectivity index (χ0) is 12.7. The van der Waals surface area contributed by atoms with Crippen molar-refractivity contribution < 1.29 is 9.59 Å². The zero-order valence-corrected chi connectivity index (χ0v) is 9.93. The molecule has 92 valence electrons. The highest BCUT2D eigenvalue weighted by molar-refractivity contribution is 6.39. The first kappa shape index (κ1) is 13.1. The van der Waals surface area contributed by atoms with Crippen LogP contribution in [0.25, 0.3) is 0 Å². The molecule has 0 aliphatic rings. The summed E-state index contributed by atoms with van der Waals surface area (Å²) in [5.41, 5.74) is 0.500. The molecule has 0 bridgehead atoms. The number of pyridine rings is 1. The number of hydrogen-bond acceptors (Lipinski definition) is 4. The van der Waals surface area contributed by atoms with Crippen LogP contribution < -0.4 is 10.6 Å². The van der Waals surface area contributed by atoms with Crippen LogP contribution in [0, 0.1) is 0 Å². The minimum absolute atomic E-state index is 0.437. The minimum atomic E-state index is -0.684. The van der Waals surface area contributed by atoms with Crippen LogP contribution in [0.5, 0.6) is 0 Å². The molecule has 1 aromatic heterocycles. The van der Waals surface area contributed by atoms with Gasteiger partial charge in [0.05, 0.1) is 11.9 Å². The number of rotatable bonds is 4. The van der Waals surface area contributed by atoms with Crippen molar-refractivity contribution in [2.45, 2.75) is 0 Å². The van der Waals surface area contributed by atoms with Crippen molar-refractivity contribution in [2.24, 2.45) is 0 Å². The summed E-state index contributed by atoms with van der Waals surface area (Å²) in [5.74, 6) is -1.33. The third-order valence-electron chi connectivity index (χ3n) is 1.97. The monoisotopic (exact) mass is 236 g/mol. The smallest absolute Gasteiger partial charge is 0.313 e. The summed E-state index contributed by atoms with van der Waals surface area (Å²) < 4.78 is 0. The van der Waals surface area contributed by atoms with E-state index in [9.17, 15) is 9.59 Å². The van der Waals surface area contributed by atoms with Crippen molar-refractivity contribution in [1.82, 2.24) is 15.2 Å². The quantitative estimate of drug-likeness (QED) is 0.704. The fraction of sp³-hybridized carbons (Fsp3) is 0.364. The Morgan fingerprint density at radius 3 is 2.71 bits per heavy atom. The lowest BCUT2D eigenvalue weighted by atomic mass is 10.4. The molecule has 0 atom stereocenters. The van der Waals surface area contributed by atoms with E-state index in [0.29, 0.717) is 18.8 Å². The van der Waals surface area contributed by atoms with E-state index in [2.05, 4.69) is 15.6 Å². The molecule has 0 saturated heterocycles. The van der Waals surface area contributed by atoms with Crippen molar-refractivity contribution in [3.8, 4) is 0 Å². The van der Waals surface area contributed by atoms with E-state index in [-0.39, 0.29) is 0 Å². The molecule has 6 heteroatoms. The Hall–Kier alpha value is -1.95. The number of likely N-dealkylation sites (N-methyl/N-ethyl adjacent to an activating group) is 1. The normalized spacial score (nSPS) is 10.1. The Morgan fingerprint density at radius 2 is 2.12 bits per heavy atom. The molecule has 0 saturated carbocycles. The molecular formula is C11H16N4O2. The zero-order valence-electron chi connectivity index (χ0n) is 9.93. The number of nitrogens with one attached hydrogen (secondary N) is 2. The summed E-state index contributed by atoms with van der Waals surface area (Å²) in [5, 5.41) is 4.97. The van der Waals surface area contributed by atoms with Crippen LogP contribution in [0.2, 0.25) is 0 Å². The first-order valence-electron chi connectivity index (χ1n) is 5.23. The standard InChI is InChI=1S/C11H16N4O2/c1-15(2)7-6-13-10(16)11(17)14-9-4-3-5-12-8-9/h3-5,8H,6-7H2,1-2H3,(H,13,16)(H,14,17). The molecule has 0 aliphatic heterocycles. The van der Waals surface area contributed by atoms with Crippen molar-refractivity contribution in [3.05, 3.63) is 24.5 Å². The predicted octanol–water partition coefficient (Wildman–Crippen LogP) is -0.302.